The van der Waals surface area contributed by atoms with Gasteiger partial charge < -0.3 is 10.4 Å². The molecule has 0 rings (SSSR count). The summed E-state index contributed by atoms with van der Waals surface area (Å²) in [6.45, 7) is 3.72. The minimum atomic E-state index is -0.322. The molecule has 0 saturated heterocycles. The van der Waals surface area contributed by atoms with Gasteiger partial charge in [0.05, 0.1) is 6.10 Å². The van der Waals surface area contributed by atoms with Gasteiger partial charge in [-0.2, -0.15) is 0 Å². The molecule has 0 aliphatic heterocycles. The number of hydrogen-bond donors (Lipinski definition) is 2. The lowest BCUT2D eigenvalue weighted by Gasteiger charge is -2.02. The first-order valence-electron chi connectivity index (χ1n) is 3.05. The molecule has 54 valence electrons. The van der Waals surface area contributed by atoms with Crippen molar-refractivity contribution in [2.45, 2.75) is 26.4 Å². The predicted molar refractivity (Wildman–Crippen MR) is 35.0 cm³/mol. The summed E-state index contributed by atoms with van der Waals surface area (Å²) < 4.78 is 0. The Balaban J connectivity index is 3.01. The highest BCUT2D eigenvalue weighted by Gasteiger charge is 1.94. The van der Waals surface area contributed by atoms with E-state index in [0.717, 1.165) is 0 Å². The lowest BCUT2D eigenvalue weighted by atomic mass is 10.3. The molecule has 0 spiro atoms. The molecule has 3 heteroatoms. The summed E-state index contributed by atoms with van der Waals surface area (Å²) in [5.74, 6) is -0.0457. The molecule has 0 fully saturated rings. The van der Waals surface area contributed by atoms with Crippen LogP contribution >= 0.6 is 0 Å². The first-order chi connectivity index (χ1) is 4.13. The SMILES string of the molecule is CC(=O)NCC[C@@H](C)O. The second-order valence-electron chi connectivity index (χ2n) is 2.12. The zero-order valence-corrected chi connectivity index (χ0v) is 5.85. The minimum absolute atomic E-state index is 0.0457. The van der Waals surface area contributed by atoms with Crippen LogP contribution in [0, 0.1) is 0 Å². The van der Waals surface area contributed by atoms with Crippen molar-refractivity contribution in [2.75, 3.05) is 6.54 Å². The normalized spacial score (nSPS) is 12.8. The molecule has 2 N–H and O–H groups in total. The maximum atomic E-state index is 10.2. The monoisotopic (exact) mass is 131 g/mol. The summed E-state index contributed by atoms with van der Waals surface area (Å²) in [5.41, 5.74) is 0. The van der Waals surface area contributed by atoms with Gasteiger partial charge in [-0.05, 0) is 13.3 Å². The van der Waals surface area contributed by atoms with Crippen LogP contribution in [0.5, 0.6) is 0 Å². The zero-order chi connectivity index (χ0) is 7.28. The van der Waals surface area contributed by atoms with E-state index in [0.29, 0.717) is 13.0 Å². The van der Waals surface area contributed by atoms with Crippen molar-refractivity contribution >= 4 is 5.91 Å². The maximum Gasteiger partial charge on any atom is 0.216 e. The van der Waals surface area contributed by atoms with Crippen molar-refractivity contribution < 1.29 is 9.90 Å². The van der Waals surface area contributed by atoms with Crippen molar-refractivity contribution in [3.05, 3.63) is 0 Å². The van der Waals surface area contributed by atoms with Crippen LogP contribution in [0.4, 0.5) is 0 Å². The van der Waals surface area contributed by atoms with E-state index in [1.54, 1.807) is 6.92 Å². The fourth-order valence-electron chi connectivity index (χ4n) is 0.457. The first-order valence-corrected chi connectivity index (χ1v) is 3.05. The summed E-state index contributed by atoms with van der Waals surface area (Å²) in [4.78, 5) is 10.2. The molecule has 0 aromatic rings. The van der Waals surface area contributed by atoms with Crippen LogP contribution in [0.15, 0.2) is 0 Å². The fourth-order valence-corrected chi connectivity index (χ4v) is 0.457. The number of hydrogen-bond acceptors (Lipinski definition) is 2. The highest BCUT2D eigenvalue weighted by atomic mass is 16.3. The molecule has 3 nitrogen and oxygen atoms in total. The van der Waals surface area contributed by atoms with E-state index in [2.05, 4.69) is 5.32 Å². The molecule has 9 heavy (non-hydrogen) atoms. The standard InChI is InChI=1S/C6H13NO2/c1-5(8)3-4-7-6(2)9/h5,8H,3-4H2,1-2H3,(H,7,9)/t5-/m1/s1. The number of carbonyl (C=O) groups is 1. The summed E-state index contributed by atoms with van der Waals surface area (Å²) >= 11 is 0. The van der Waals surface area contributed by atoms with Crippen molar-refractivity contribution in [1.82, 2.24) is 5.32 Å². The number of carbonyl (C=O) groups excluding carboxylic acids is 1. The van der Waals surface area contributed by atoms with Crippen molar-refractivity contribution in [3.8, 4) is 0 Å². The molecular weight excluding hydrogens is 118 g/mol. The van der Waals surface area contributed by atoms with E-state index >= 15 is 0 Å². The number of rotatable bonds is 3. The lowest BCUT2D eigenvalue weighted by molar-refractivity contribution is -0.119. The predicted octanol–water partition coefficient (Wildman–Crippen LogP) is -0.107. The third-order valence-corrected chi connectivity index (χ3v) is 0.936. The van der Waals surface area contributed by atoms with Crippen LogP contribution in [0.3, 0.4) is 0 Å². The van der Waals surface area contributed by atoms with Gasteiger partial charge in [0.15, 0.2) is 0 Å². The first kappa shape index (κ1) is 8.43. The molecule has 0 bridgehead atoms. The second-order valence-corrected chi connectivity index (χ2v) is 2.12. The molecule has 0 unspecified atom stereocenters. The third-order valence-electron chi connectivity index (χ3n) is 0.936. The largest absolute Gasteiger partial charge is 0.393 e. The van der Waals surface area contributed by atoms with Gasteiger partial charge in [0.2, 0.25) is 5.91 Å². The summed E-state index contributed by atoms with van der Waals surface area (Å²) in [7, 11) is 0. The molecule has 0 saturated carbocycles. The molecule has 0 aliphatic carbocycles. The van der Waals surface area contributed by atoms with Gasteiger partial charge in [-0.15, -0.1) is 0 Å². The van der Waals surface area contributed by atoms with Crippen LogP contribution in [-0.2, 0) is 4.79 Å². The Bertz CT molecular complexity index is 91.1. The number of aliphatic hydroxyl groups excluding tert-OH is 1. The molecule has 0 heterocycles. The van der Waals surface area contributed by atoms with Crippen LogP contribution in [0.25, 0.3) is 0 Å². The van der Waals surface area contributed by atoms with Gasteiger partial charge in [-0.3, -0.25) is 4.79 Å². The quantitative estimate of drug-likeness (QED) is 0.561. The Hall–Kier alpha value is -0.570. The van der Waals surface area contributed by atoms with Gasteiger partial charge in [-0.1, -0.05) is 0 Å². The number of nitrogens with one attached hydrogen (secondary N) is 1. The molecule has 0 aromatic heterocycles. The Kier molecular flexibility index (Phi) is 4.05. The maximum absolute atomic E-state index is 10.2. The smallest absolute Gasteiger partial charge is 0.216 e. The summed E-state index contributed by atoms with van der Waals surface area (Å²) in [5, 5.41) is 11.3. The fraction of sp³-hybridized carbons (Fsp3) is 0.833. The Labute approximate surface area is 55.1 Å². The van der Waals surface area contributed by atoms with Crippen molar-refractivity contribution in [3.63, 3.8) is 0 Å². The highest BCUT2D eigenvalue weighted by Crippen LogP contribution is 1.84. The van der Waals surface area contributed by atoms with Crippen LogP contribution in [0.2, 0.25) is 0 Å². The number of aliphatic hydroxyl groups is 1. The van der Waals surface area contributed by atoms with E-state index in [9.17, 15) is 4.79 Å². The highest BCUT2D eigenvalue weighted by molar-refractivity contribution is 5.72. The summed E-state index contributed by atoms with van der Waals surface area (Å²) in [6, 6.07) is 0. The van der Waals surface area contributed by atoms with E-state index in [1.165, 1.54) is 6.92 Å². The van der Waals surface area contributed by atoms with Gasteiger partial charge in [0.25, 0.3) is 0 Å². The van der Waals surface area contributed by atoms with Crippen LogP contribution in [-0.4, -0.2) is 23.7 Å². The Morgan fingerprint density at radius 3 is 2.67 bits per heavy atom. The molecule has 1 atom stereocenters. The lowest BCUT2D eigenvalue weighted by Crippen LogP contribution is -2.23. The molecule has 0 aliphatic rings. The summed E-state index contributed by atoms with van der Waals surface area (Å²) in [6.07, 6.45) is 0.302. The molecule has 0 radical (unpaired) electrons. The van der Waals surface area contributed by atoms with E-state index < -0.39 is 0 Å². The van der Waals surface area contributed by atoms with E-state index in [1.807, 2.05) is 0 Å². The average Bonchev–Trinajstić information content (AvgIpc) is 1.63. The van der Waals surface area contributed by atoms with Gasteiger partial charge >= 0.3 is 0 Å². The van der Waals surface area contributed by atoms with Gasteiger partial charge in [0, 0.05) is 13.5 Å². The van der Waals surface area contributed by atoms with Gasteiger partial charge in [0.1, 0.15) is 0 Å². The topological polar surface area (TPSA) is 49.3 Å². The average molecular weight is 131 g/mol. The van der Waals surface area contributed by atoms with Crippen LogP contribution < -0.4 is 5.32 Å². The Morgan fingerprint density at radius 2 is 2.33 bits per heavy atom. The number of amides is 1. The molecule has 1 amide bonds. The Morgan fingerprint density at radius 1 is 1.78 bits per heavy atom. The van der Waals surface area contributed by atoms with Crippen molar-refractivity contribution in [1.29, 1.82) is 0 Å². The minimum Gasteiger partial charge on any atom is -0.393 e. The molecule has 0 aromatic carbocycles. The second kappa shape index (κ2) is 4.32. The molecular formula is C6H13NO2. The zero-order valence-electron chi connectivity index (χ0n) is 5.85. The van der Waals surface area contributed by atoms with E-state index in [-0.39, 0.29) is 12.0 Å². The van der Waals surface area contributed by atoms with Gasteiger partial charge in [-0.25, -0.2) is 0 Å². The van der Waals surface area contributed by atoms with Crippen LogP contribution in [0.1, 0.15) is 20.3 Å². The van der Waals surface area contributed by atoms with E-state index in [4.69, 9.17) is 5.11 Å². The van der Waals surface area contributed by atoms with Crippen molar-refractivity contribution in [2.24, 2.45) is 0 Å². The third kappa shape index (κ3) is 7.43.